The van der Waals surface area contributed by atoms with E-state index in [1.54, 1.807) is 56.6 Å². The second-order valence-corrected chi connectivity index (χ2v) is 11.2. The lowest BCUT2D eigenvalue weighted by molar-refractivity contribution is -0.127. The molecule has 0 radical (unpaired) electrons. The van der Waals surface area contributed by atoms with Crippen LogP contribution in [-0.4, -0.2) is 71.0 Å². The summed E-state index contributed by atoms with van der Waals surface area (Å²) in [5.74, 6) is 1.71. The van der Waals surface area contributed by atoms with E-state index in [1.807, 2.05) is 42.5 Å². The first-order valence-corrected chi connectivity index (χ1v) is 14.4. The van der Waals surface area contributed by atoms with E-state index >= 15 is 0 Å². The van der Waals surface area contributed by atoms with Crippen LogP contribution in [0.4, 0.5) is 0 Å². The second-order valence-electron chi connectivity index (χ2n) is 8.93. The Morgan fingerprint density at radius 1 is 0.825 bits per heavy atom. The van der Waals surface area contributed by atoms with Gasteiger partial charge in [-0.15, -0.1) is 0 Å². The molecule has 0 aliphatic carbocycles. The number of carbonyl (C=O) groups excluding carboxylic acids is 1. The van der Waals surface area contributed by atoms with Crippen LogP contribution in [0.5, 0.6) is 17.2 Å². The molecular formula is C30H31ClN2O6S. The number of amides is 1. The van der Waals surface area contributed by atoms with Gasteiger partial charge in [0.15, 0.2) is 0 Å². The molecule has 0 saturated carbocycles. The number of halogens is 1. The number of carbonyl (C=O) groups is 1. The molecule has 4 rings (SSSR count). The van der Waals surface area contributed by atoms with Crippen molar-refractivity contribution in [3.63, 3.8) is 0 Å². The topological polar surface area (TPSA) is 85.4 Å². The molecule has 10 heteroatoms. The number of benzene rings is 3. The van der Waals surface area contributed by atoms with Gasteiger partial charge in [0.1, 0.15) is 22.1 Å². The summed E-state index contributed by atoms with van der Waals surface area (Å²) in [4.78, 5) is 14.8. The fraction of sp³-hybridized carbons (Fsp3) is 0.233. The molecule has 0 atom stereocenters. The Morgan fingerprint density at radius 3 is 2.12 bits per heavy atom. The molecule has 40 heavy (non-hydrogen) atoms. The average molecular weight is 583 g/mol. The Morgan fingerprint density at radius 2 is 1.50 bits per heavy atom. The van der Waals surface area contributed by atoms with Crippen LogP contribution in [0.2, 0.25) is 5.02 Å². The largest absolute Gasteiger partial charge is 0.497 e. The molecule has 0 aromatic heterocycles. The monoisotopic (exact) mass is 582 g/mol. The predicted octanol–water partition coefficient (Wildman–Crippen LogP) is 5.08. The normalized spacial score (nSPS) is 14.6. The Hall–Kier alpha value is -3.79. The Kier molecular flexibility index (Phi) is 9.52. The van der Waals surface area contributed by atoms with Crippen molar-refractivity contribution in [2.75, 3.05) is 47.5 Å². The van der Waals surface area contributed by atoms with E-state index in [0.29, 0.717) is 17.1 Å². The molecule has 0 N–H and O–H groups in total. The third-order valence-electron chi connectivity index (χ3n) is 6.57. The zero-order valence-corrected chi connectivity index (χ0v) is 24.1. The van der Waals surface area contributed by atoms with Gasteiger partial charge in [0, 0.05) is 43.9 Å². The third-order valence-corrected chi connectivity index (χ3v) is 8.97. The number of piperazine rings is 1. The molecule has 3 aromatic rings. The maximum absolute atomic E-state index is 13.1. The minimum Gasteiger partial charge on any atom is -0.497 e. The molecular weight excluding hydrogens is 552 g/mol. The number of rotatable bonds is 9. The van der Waals surface area contributed by atoms with Crippen molar-refractivity contribution in [2.45, 2.75) is 4.90 Å². The molecule has 0 spiro atoms. The number of nitrogens with zero attached hydrogens (tertiary/aromatic N) is 2. The van der Waals surface area contributed by atoms with Crippen molar-refractivity contribution in [3.8, 4) is 17.2 Å². The van der Waals surface area contributed by atoms with Crippen LogP contribution in [0.1, 0.15) is 16.7 Å². The molecule has 1 aliphatic rings. The summed E-state index contributed by atoms with van der Waals surface area (Å²) in [6, 6.07) is 17.6. The van der Waals surface area contributed by atoms with Crippen LogP contribution in [-0.2, 0) is 14.8 Å². The van der Waals surface area contributed by atoms with Gasteiger partial charge < -0.3 is 19.1 Å². The number of hydrogen-bond acceptors (Lipinski definition) is 6. The molecule has 1 heterocycles. The maximum atomic E-state index is 13.1. The highest BCUT2D eigenvalue weighted by atomic mass is 35.5. The fourth-order valence-corrected chi connectivity index (χ4v) is 6.24. The van der Waals surface area contributed by atoms with Gasteiger partial charge in [-0.05, 0) is 47.5 Å². The van der Waals surface area contributed by atoms with Crippen LogP contribution in [0.15, 0.2) is 71.6 Å². The van der Waals surface area contributed by atoms with E-state index in [-0.39, 0.29) is 42.0 Å². The maximum Gasteiger partial charge on any atom is 0.246 e. The van der Waals surface area contributed by atoms with Gasteiger partial charge in [0.25, 0.3) is 0 Å². The SMILES string of the molecule is COc1ccc(/C=C/c2cc(OC)cc(OC)c2/C=C/C(=O)N2CCN(S(=O)(=O)c3ccccc3Cl)CC2)cc1. The van der Waals surface area contributed by atoms with Crippen LogP contribution in [0.25, 0.3) is 18.2 Å². The lowest BCUT2D eigenvalue weighted by Gasteiger charge is -2.33. The average Bonchev–Trinajstić information content (AvgIpc) is 2.99. The molecule has 1 aliphatic heterocycles. The number of sulfonamides is 1. The first kappa shape index (κ1) is 29.2. The summed E-state index contributed by atoms with van der Waals surface area (Å²) in [7, 11) is 1.01. The van der Waals surface area contributed by atoms with Gasteiger partial charge in [-0.3, -0.25) is 4.79 Å². The van der Waals surface area contributed by atoms with E-state index in [0.717, 1.165) is 16.9 Å². The highest BCUT2D eigenvalue weighted by Gasteiger charge is 2.30. The standard InChI is InChI=1S/C30H31ClN2O6S/c1-37-24-12-9-22(10-13-24)8-11-23-20-25(38-2)21-28(39-3)26(23)14-15-30(34)32-16-18-33(19-17-32)40(35,36)29-7-5-4-6-27(29)31/h4-15,20-21H,16-19H2,1-3H3/b11-8+,15-14+. The summed E-state index contributed by atoms with van der Waals surface area (Å²) in [5, 5.41) is 0.175. The molecule has 0 bridgehead atoms. The molecule has 3 aromatic carbocycles. The van der Waals surface area contributed by atoms with Crippen molar-refractivity contribution in [1.29, 1.82) is 0 Å². The van der Waals surface area contributed by atoms with Crippen molar-refractivity contribution in [1.82, 2.24) is 9.21 Å². The van der Waals surface area contributed by atoms with Crippen LogP contribution < -0.4 is 14.2 Å². The zero-order chi connectivity index (χ0) is 28.7. The molecule has 8 nitrogen and oxygen atoms in total. The van der Waals surface area contributed by atoms with Gasteiger partial charge in [-0.1, -0.05) is 48.0 Å². The highest BCUT2D eigenvalue weighted by molar-refractivity contribution is 7.89. The summed E-state index contributed by atoms with van der Waals surface area (Å²) >= 11 is 6.13. The summed E-state index contributed by atoms with van der Waals surface area (Å²) in [6.45, 7) is 0.872. The van der Waals surface area contributed by atoms with Crippen LogP contribution in [0.3, 0.4) is 0 Å². The van der Waals surface area contributed by atoms with E-state index in [1.165, 1.54) is 16.4 Å². The van der Waals surface area contributed by atoms with Crippen molar-refractivity contribution < 1.29 is 27.4 Å². The van der Waals surface area contributed by atoms with Crippen molar-refractivity contribution in [3.05, 3.63) is 88.5 Å². The minimum absolute atomic E-state index is 0.0677. The number of methoxy groups -OCH3 is 3. The third kappa shape index (κ3) is 6.67. The smallest absolute Gasteiger partial charge is 0.246 e. The minimum atomic E-state index is -3.75. The number of hydrogen-bond donors (Lipinski definition) is 0. The highest BCUT2D eigenvalue weighted by Crippen LogP contribution is 2.32. The second kappa shape index (κ2) is 13.0. The van der Waals surface area contributed by atoms with Crippen LogP contribution >= 0.6 is 11.6 Å². The van der Waals surface area contributed by atoms with E-state index in [4.69, 9.17) is 25.8 Å². The molecule has 1 saturated heterocycles. The van der Waals surface area contributed by atoms with Crippen molar-refractivity contribution >= 4 is 45.8 Å². The quantitative estimate of drug-likeness (QED) is 0.258. The molecule has 210 valence electrons. The first-order valence-electron chi connectivity index (χ1n) is 12.6. The van der Waals surface area contributed by atoms with Gasteiger partial charge >= 0.3 is 0 Å². The first-order chi connectivity index (χ1) is 19.3. The van der Waals surface area contributed by atoms with Gasteiger partial charge in [0.2, 0.25) is 15.9 Å². The van der Waals surface area contributed by atoms with E-state index in [9.17, 15) is 13.2 Å². The fourth-order valence-electron chi connectivity index (χ4n) is 4.33. The van der Waals surface area contributed by atoms with Gasteiger partial charge in [-0.2, -0.15) is 4.31 Å². The Bertz CT molecular complexity index is 1510. The predicted molar refractivity (Wildman–Crippen MR) is 157 cm³/mol. The lowest BCUT2D eigenvalue weighted by atomic mass is 10.0. The summed E-state index contributed by atoms with van der Waals surface area (Å²) in [6.07, 6.45) is 7.06. The Labute approximate surface area is 240 Å². The van der Waals surface area contributed by atoms with E-state index < -0.39 is 10.0 Å². The zero-order valence-electron chi connectivity index (χ0n) is 22.5. The van der Waals surface area contributed by atoms with Gasteiger partial charge in [-0.25, -0.2) is 8.42 Å². The number of ether oxygens (including phenoxy) is 3. The Balaban J connectivity index is 1.51. The molecule has 0 unspecified atom stereocenters. The van der Waals surface area contributed by atoms with Crippen molar-refractivity contribution in [2.24, 2.45) is 0 Å². The van der Waals surface area contributed by atoms with E-state index in [2.05, 4.69) is 0 Å². The lowest BCUT2D eigenvalue weighted by Crippen LogP contribution is -2.50. The molecule has 1 fully saturated rings. The summed E-state index contributed by atoms with van der Waals surface area (Å²) in [5.41, 5.74) is 2.48. The van der Waals surface area contributed by atoms with Crippen LogP contribution in [0, 0.1) is 0 Å². The summed E-state index contributed by atoms with van der Waals surface area (Å²) < 4.78 is 43.7. The van der Waals surface area contributed by atoms with Gasteiger partial charge in [0.05, 0.1) is 26.4 Å². The molecule has 1 amide bonds.